The normalized spacial score (nSPS) is 10.7. The number of aliphatic carboxylic acids is 1. The van der Waals surface area contributed by atoms with Crippen molar-refractivity contribution in [1.29, 1.82) is 0 Å². The topological polar surface area (TPSA) is 59.3 Å². The summed E-state index contributed by atoms with van der Waals surface area (Å²) >= 11 is 0. The molecular weight excluding hydrogens is 225 g/mol. The van der Waals surface area contributed by atoms with Crippen molar-refractivity contribution < 1.29 is 19.1 Å². The van der Waals surface area contributed by atoms with E-state index in [-0.39, 0.29) is 12.3 Å². The van der Waals surface area contributed by atoms with Crippen LogP contribution in [0.1, 0.15) is 17.3 Å². The molecule has 0 saturated carbocycles. The quantitative estimate of drug-likeness (QED) is 0.866. The minimum Gasteiger partial charge on any atom is -0.481 e. The van der Waals surface area contributed by atoms with Crippen molar-refractivity contribution in [3.8, 4) is 0 Å². The summed E-state index contributed by atoms with van der Waals surface area (Å²) in [6.45, 7) is 1.34. The zero-order chi connectivity index (χ0) is 12.6. The van der Waals surface area contributed by atoms with Crippen molar-refractivity contribution in [1.82, 2.24) is 4.57 Å². The maximum Gasteiger partial charge on any atom is 0.307 e. The molecule has 2 rings (SSSR count). The van der Waals surface area contributed by atoms with Gasteiger partial charge in [0.15, 0.2) is 0 Å². The van der Waals surface area contributed by atoms with Crippen molar-refractivity contribution in [2.24, 2.45) is 0 Å². The molecule has 0 aliphatic heterocycles. The van der Waals surface area contributed by atoms with Crippen LogP contribution in [0.2, 0.25) is 0 Å². The number of carboxylic acid groups (broad SMARTS) is 1. The van der Waals surface area contributed by atoms with Crippen molar-refractivity contribution in [2.45, 2.75) is 13.3 Å². The van der Waals surface area contributed by atoms with Crippen molar-refractivity contribution in [3.05, 3.63) is 35.8 Å². The van der Waals surface area contributed by atoms with Gasteiger partial charge in [0.25, 0.3) is 0 Å². The first-order chi connectivity index (χ1) is 7.99. The number of hydrogen-bond donors (Lipinski definition) is 1. The monoisotopic (exact) mass is 235 g/mol. The Hall–Kier alpha value is -2.17. The molecule has 5 heteroatoms. The fourth-order valence-corrected chi connectivity index (χ4v) is 1.83. The van der Waals surface area contributed by atoms with Gasteiger partial charge in [-0.2, -0.15) is 0 Å². The summed E-state index contributed by atoms with van der Waals surface area (Å²) in [4.78, 5) is 22.1. The molecule has 1 N–H and O–H groups in total. The van der Waals surface area contributed by atoms with Gasteiger partial charge in [-0.3, -0.25) is 14.2 Å². The first kappa shape index (κ1) is 11.3. The third-order valence-electron chi connectivity index (χ3n) is 2.53. The summed E-state index contributed by atoms with van der Waals surface area (Å²) < 4.78 is 14.4. The van der Waals surface area contributed by atoms with Crippen LogP contribution >= 0.6 is 0 Å². The summed E-state index contributed by atoms with van der Waals surface area (Å²) in [5, 5.41) is 9.35. The van der Waals surface area contributed by atoms with E-state index in [0.29, 0.717) is 16.5 Å². The number of nitrogens with zero attached hydrogens (tertiary/aromatic N) is 1. The number of carbonyl (C=O) groups excluding carboxylic acids is 1. The maximum atomic E-state index is 13.1. The highest BCUT2D eigenvalue weighted by Gasteiger charge is 2.13. The van der Waals surface area contributed by atoms with Crippen LogP contribution in [0.15, 0.2) is 24.4 Å². The molecule has 1 heterocycles. The van der Waals surface area contributed by atoms with E-state index in [1.165, 1.54) is 35.9 Å². The van der Waals surface area contributed by atoms with Crippen LogP contribution in [0.25, 0.3) is 10.9 Å². The van der Waals surface area contributed by atoms with Gasteiger partial charge in [0.2, 0.25) is 5.91 Å². The number of rotatable bonds is 2. The van der Waals surface area contributed by atoms with E-state index in [0.717, 1.165) is 0 Å². The lowest BCUT2D eigenvalue weighted by Crippen LogP contribution is -2.03. The van der Waals surface area contributed by atoms with Crippen LogP contribution in [0.5, 0.6) is 0 Å². The van der Waals surface area contributed by atoms with E-state index in [4.69, 9.17) is 5.11 Å². The molecule has 17 heavy (non-hydrogen) atoms. The largest absolute Gasteiger partial charge is 0.481 e. The minimum atomic E-state index is -0.989. The Labute approximate surface area is 96.3 Å². The first-order valence-corrected chi connectivity index (χ1v) is 5.01. The van der Waals surface area contributed by atoms with Gasteiger partial charge >= 0.3 is 5.97 Å². The van der Waals surface area contributed by atoms with Gasteiger partial charge in [0.1, 0.15) is 5.82 Å². The molecule has 88 valence electrons. The molecule has 0 atom stereocenters. The van der Waals surface area contributed by atoms with E-state index in [1.807, 2.05) is 0 Å². The molecule has 0 unspecified atom stereocenters. The van der Waals surface area contributed by atoms with E-state index >= 15 is 0 Å². The molecule has 4 nitrogen and oxygen atoms in total. The Morgan fingerprint density at radius 3 is 2.71 bits per heavy atom. The molecule has 0 radical (unpaired) electrons. The third kappa shape index (κ3) is 2.04. The average Bonchev–Trinajstić information content (AvgIpc) is 2.55. The highest BCUT2D eigenvalue weighted by atomic mass is 19.1. The lowest BCUT2D eigenvalue weighted by atomic mass is 10.1. The Balaban J connectivity index is 2.70. The van der Waals surface area contributed by atoms with Crippen molar-refractivity contribution >= 4 is 22.8 Å². The van der Waals surface area contributed by atoms with Crippen LogP contribution in [-0.2, 0) is 11.2 Å². The molecule has 2 aromatic rings. The second kappa shape index (κ2) is 4.01. The lowest BCUT2D eigenvalue weighted by molar-refractivity contribution is -0.136. The SMILES string of the molecule is CC(=O)n1cc(CC(=O)O)c2ccc(F)cc21. The van der Waals surface area contributed by atoms with Gasteiger partial charge in [0.05, 0.1) is 11.9 Å². The minimum absolute atomic E-state index is 0.192. The maximum absolute atomic E-state index is 13.1. The van der Waals surface area contributed by atoms with Gasteiger partial charge in [-0.1, -0.05) is 0 Å². The number of carbonyl (C=O) groups is 2. The molecule has 0 spiro atoms. The van der Waals surface area contributed by atoms with E-state index in [1.54, 1.807) is 0 Å². The number of carboxylic acids is 1. The fraction of sp³-hybridized carbons (Fsp3) is 0.167. The highest BCUT2D eigenvalue weighted by molar-refractivity contribution is 5.95. The Bertz CT molecular complexity index is 615. The highest BCUT2D eigenvalue weighted by Crippen LogP contribution is 2.23. The number of aromatic nitrogens is 1. The third-order valence-corrected chi connectivity index (χ3v) is 2.53. The molecule has 0 fully saturated rings. The summed E-state index contributed by atoms with van der Waals surface area (Å²) in [5.41, 5.74) is 0.899. The Morgan fingerprint density at radius 1 is 1.41 bits per heavy atom. The van der Waals surface area contributed by atoms with Crippen LogP contribution in [-0.4, -0.2) is 21.6 Å². The smallest absolute Gasteiger partial charge is 0.307 e. The Morgan fingerprint density at radius 2 is 2.12 bits per heavy atom. The predicted octanol–water partition coefficient (Wildman–Crippen LogP) is 2.07. The van der Waals surface area contributed by atoms with E-state index < -0.39 is 11.8 Å². The predicted molar refractivity (Wildman–Crippen MR) is 59.5 cm³/mol. The molecule has 0 amide bonds. The lowest BCUT2D eigenvalue weighted by Gasteiger charge is -1.98. The second-order valence-electron chi connectivity index (χ2n) is 3.78. The van der Waals surface area contributed by atoms with Gasteiger partial charge in [-0.05, 0) is 23.8 Å². The summed E-state index contributed by atoms with van der Waals surface area (Å²) in [6.07, 6.45) is 1.25. The molecule has 1 aromatic carbocycles. The molecule has 0 bridgehead atoms. The van der Waals surface area contributed by atoms with Gasteiger partial charge in [0, 0.05) is 18.5 Å². The molecule has 1 aromatic heterocycles. The molecule has 0 aliphatic rings. The number of halogens is 1. The molecule has 0 saturated heterocycles. The van der Waals surface area contributed by atoms with Gasteiger partial charge in [-0.15, -0.1) is 0 Å². The number of hydrogen-bond acceptors (Lipinski definition) is 2. The van der Waals surface area contributed by atoms with E-state index in [2.05, 4.69) is 0 Å². The Kier molecular flexibility index (Phi) is 2.67. The summed E-state index contributed by atoms with van der Waals surface area (Å²) in [5.74, 6) is -1.73. The molecular formula is C12H10FNO3. The van der Waals surface area contributed by atoms with E-state index in [9.17, 15) is 14.0 Å². The van der Waals surface area contributed by atoms with Crippen molar-refractivity contribution in [3.63, 3.8) is 0 Å². The van der Waals surface area contributed by atoms with Gasteiger partial charge in [-0.25, -0.2) is 4.39 Å². The van der Waals surface area contributed by atoms with Crippen molar-refractivity contribution in [2.75, 3.05) is 0 Å². The second-order valence-corrected chi connectivity index (χ2v) is 3.78. The molecule has 0 aliphatic carbocycles. The first-order valence-electron chi connectivity index (χ1n) is 5.01. The number of fused-ring (bicyclic) bond motifs is 1. The van der Waals surface area contributed by atoms with Crippen LogP contribution in [0.4, 0.5) is 4.39 Å². The van der Waals surface area contributed by atoms with Crippen LogP contribution < -0.4 is 0 Å². The van der Waals surface area contributed by atoms with Crippen LogP contribution in [0.3, 0.4) is 0 Å². The summed E-state index contributed by atoms with van der Waals surface area (Å²) in [6, 6.07) is 3.96. The fourth-order valence-electron chi connectivity index (χ4n) is 1.83. The standard InChI is InChI=1S/C12H10FNO3/c1-7(15)14-6-8(4-12(16)17)10-3-2-9(13)5-11(10)14/h2-3,5-6H,4H2,1H3,(H,16,17). The average molecular weight is 235 g/mol. The summed E-state index contributed by atoms with van der Waals surface area (Å²) in [7, 11) is 0. The number of benzene rings is 1. The zero-order valence-corrected chi connectivity index (χ0v) is 9.11. The van der Waals surface area contributed by atoms with Crippen LogP contribution in [0, 0.1) is 5.82 Å². The van der Waals surface area contributed by atoms with Gasteiger partial charge < -0.3 is 5.11 Å². The zero-order valence-electron chi connectivity index (χ0n) is 9.11.